The van der Waals surface area contributed by atoms with Gasteiger partial charge in [0.05, 0.1) is 0 Å². The molecule has 12 rings (SSSR count). The van der Waals surface area contributed by atoms with Gasteiger partial charge in [-0.2, -0.15) is 25.0 Å². The van der Waals surface area contributed by atoms with Gasteiger partial charge in [-0.1, -0.05) is 41.5 Å². The van der Waals surface area contributed by atoms with Crippen LogP contribution >= 0.6 is 0 Å². The van der Waals surface area contributed by atoms with Crippen molar-refractivity contribution < 1.29 is 14.4 Å². The fourth-order valence-corrected chi connectivity index (χ4v) is 11.6. The van der Waals surface area contributed by atoms with Crippen molar-refractivity contribution in [2.75, 3.05) is 16.0 Å². The lowest BCUT2D eigenvalue weighted by Crippen LogP contribution is -2.48. The molecular weight excluding hydrogens is 913 g/mol. The number of anilines is 3. The van der Waals surface area contributed by atoms with Crippen molar-refractivity contribution in [1.29, 1.82) is 0 Å². The molecule has 368 valence electrons. The summed E-state index contributed by atoms with van der Waals surface area (Å²) in [5.41, 5.74) is 13.6. The van der Waals surface area contributed by atoms with E-state index in [1.807, 2.05) is 106 Å². The molecule has 0 unspecified atom stereocenters. The average molecular weight is 971 g/mol. The molecule has 6 heterocycles. The van der Waals surface area contributed by atoms with Crippen LogP contribution in [0.15, 0.2) is 128 Å². The molecule has 6 aromatic rings. The molecule has 3 aromatic heterocycles. The summed E-state index contributed by atoms with van der Waals surface area (Å²) >= 11 is 0. The first-order chi connectivity index (χ1) is 34.7. The number of nitrogens with one attached hydrogen (secondary N) is 3. The summed E-state index contributed by atoms with van der Waals surface area (Å²) in [6.45, 7) is 19.0. The van der Waals surface area contributed by atoms with E-state index in [1.165, 1.54) is 0 Å². The number of aromatic nitrogens is 3. The van der Waals surface area contributed by atoms with Crippen molar-refractivity contribution in [3.63, 3.8) is 0 Å². The van der Waals surface area contributed by atoms with E-state index in [4.69, 9.17) is 25.0 Å². The van der Waals surface area contributed by atoms with E-state index < -0.39 is 0 Å². The monoisotopic (exact) mass is 970 g/mol. The smallest absolute Gasteiger partial charge is 0.244 e. The highest BCUT2D eigenvalue weighted by atomic mass is 16.1. The third kappa shape index (κ3) is 8.26. The second kappa shape index (κ2) is 16.4. The van der Waals surface area contributed by atoms with Gasteiger partial charge in [0.15, 0.2) is 17.3 Å². The second-order valence-electron chi connectivity index (χ2n) is 22.8. The standard InChI is InChI=1S/C58H58N12O3/c1-32-22-41-44(26-56(4,5)29-47(41)71)67(32)38-16-10-35(11-17-38)59-50-25-51-63-52(60-36-12-18-39(19-13-36)68-33(2)23-42-45(68)27-57(6,7)30-48(42)72)64-55-66-53(65-54(62-50)70(51)55)61-37-14-20-40(21-15-37)69-34(3)24-43-46(69)28-58(8,9)31-49(43)73/h10-25H,26-31H2,1-9H3,(H3,59,60,61,62,63,64,65,66). The predicted molar refractivity (Wildman–Crippen MR) is 289 cm³/mol. The lowest BCUT2D eigenvalue weighted by Gasteiger charge is -2.31. The minimum absolute atomic E-state index is 0.111. The van der Waals surface area contributed by atoms with Crippen molar-refractivity contribution in [2.45, 2.75) is 101 Å². The summed E-state index contributed by atoms with van der Waals surface area (Å²) in [5.74, 6) is 2.87. The van der Waals surface area contributed by atoms with Crippen LogP contribution in [0.5, 0.6) is 0 Å². The van der Waals surface area contributed by atoms with Crippen LogP contribution in [-0.2, 0) is 19.3 Å². The van der Waals surface area contributed by atoms with Crippen LogP contribution in [0.3, 0.4) is 0 Å². The van der Waals surface area contributed by atoms with E-state index in [2.05, 4.69) is 83.3 Å². The van der Waals surface area contributed by atoms with Crippen molar-refractivity contribution in [1.82, 2.24) is 18.6 Å². The Morgan fingerprint density at radius 2 is 0.767 bits per heavy atom. The number of hydrogen-bond donors (Lipinski definition) is 3. The van der Waals surface area contributed by atoms with E-state index in [0.29, 0.717) is 48.8 Å². The Labute approximate surface area is 424 Å². The maximum Gasteiger partial charge on any atom is 0.244 e. The third-order valence-corrected chi connectivity index (χ3v) is 14.7. The number of rotatable bonds is 7. The van der Waals surface area contributed by atoms with Crippen LogP contribution in [0.2, 0.25) is 0 Å². The van der Waals surface area contributed by atoms with Gasteiger partial charge in [0.1, 0.15) is 11.7 Å². The minimum atomic E-state index is -0.115. The fourth-order valence-electron chi connectivity index (χ4n) is 11.6. The molecule has 0 radical (unpaired) electrons. The summed E-state index contributed by atoms with van der Waals surface area (Å²) in [6, 6.07) is 30.3. The Kier molecular flexibility index (Phi) is 10.3. The maximum absolute atomic E-state index is 13.1. The number of ketones is 3. The lowest BCUT2D eigenvalue weighted by molar-refractivity contribution is 0.0901. The number of fused-ring (bicyclic) bond motifs is 3. The quantitative estimate of drug-likeness (QED) is 0.143. The number of guanidine groups is 4. The number of Topliss-reactive ketones (excluding diaryl/α,β-unsaturated/α-hetero) is 3. The Bertz CT molecular complexity index is 3210. The molecule has 0 amide bonds. The van der Waals surface area contributed by atoms with Gasteiger partial charge < -0.3 is 29.7 Å². The van der Waals surface area contributed by atoms with Crippen molar-refractivity contribution in [3.8, 4) is 17.1 Å². The number of amidine groups is 1. The molecule has 3 aromatic carbocycles. The first-order valence-electron chi connectivity index (χ1n) is 25.0. The van der Waals surface area contributed by atoms with Gasteiger partial charge in [-0.3, -0.25) is 14.4 Å². The zero-order valence-electron chi connectivity index (χ0n) is 42.7. The molecule has 0 spiro atoms. The molecular formula is C58H58N12O3. The van der Waals surface area contributed by atoms with Gasteiger partial charge in [-0.25, -0.2) is 4.90 Å². The zero-order valence-corrected chi connectivity index (χ0v) is 42.7. The van der Waals surface area contributed by atoms with E-state index in [9.17, 15) is 14.4 Å². The number of nitrogens with zero attached hydrogens (tertiary/aromatic N) is 9. The van der Waals surface area contributed by atoms with Gasteiger partial charge in [0, 0.05) is 110 Å². The minimum Gasteiger partial charge on any atom is -0.340 e. The van der Waals surface area contributed by atoms with Crippen molar-refractivity contribution >= 4 is 64.1 Å². The van der Waals surface area contributed by atoms with Crippen LogP contribution in [0.25, 0.3) is 17.1 Å². The zero-order chi connectivity index (χ0) is 50.9. The highest BCUT2D eigenvalue weighted by Gasteiger charge is 2.38. The summed E-state index contributed by atoms with van der Waals surface area (Å²) in [7, 11) is 0. The van der Waals surface area contributed by atoms with Crippen LogP contribution in [0.4, 0.5) is 17.1 Å². The van der Waals surface area contributed by atoms with E-state index >= 15 is 0 Å². The van der Waals surface area contributed by atoms with Crippen LogP contribution in [-0.4, -0.2) is 65.6 Å². The van der Waals surface area contributed by atoms with Crippen molar-refractivity contribution in [3.05, 3.63) is 154 Å². The average Bonchev–Trinajstić information content (AvgIpc) is 3.94. The van der Waals surface area contributed by atoms with E-state index in [0.717, 1.165) is 104 Å². The number of benzene rings is 3. The largest absolute Gasteiger partial charge is 0.340 e. The van der Waals surface area contributed by atoms with E-state index in [1.54, 1.807) is 4.90 Å². The second-order valence-corrected chi connectivity index (χ2v) is 22.8. The SMILES string of the molecule is Cc1cc2c(n1-c1ccc(NC3=CC4=NC(Nc5ccc(-n6c(C)cc7c6CC(C)(C)CC7=O)cc5)=NC5=NC(Nc6ccc(-n7c(C)cc8c7CC(C)(C)CC8=O)cc6)=NC(=N3)N45)cc1)CC(C)(C)CC2=O. The molecule has 0 bridgehead atoms. The van der Waals surface area contributed by atoms with Gasteiger partial charge in [-0.05, 0) is 147 Å². The molecule has 0 fully saturated rings. The lowest BCUT2D eigenvalue weighted by atomic mass is 9.76. The summed E-state index contributed by atoms with van der Waals surface area (Å²) < 4.78 is 6.58. The highest BCUT2D eigenvalue weighted by molar-refractivity contribution is 6.31. The fraction of sp³-hybridized carbons (Fsp3) is 0.310. The predicted octanol–water partition coefficient (Wildman–Crippen LogP) is 11.1. The number of aliphatic imine (C=N–C) groups is 5. The molecule has 0 atom stereocenters. The molecule has 6 aliphatic rings. The van der Waals surface area contributed by atoms with E-state index in [-0.39, 0.29) is 39.6 Å². The highest BCUT2D eigenvalue weighted by Crippen LogP contribution is 2.41. The number of hydrogen-bond acceptors (Lipinski definition) is 12. The van der Waals surface area contributed by atoms with Crippen LogP contribution in [0, 0.1) is 37.0 Å². The van der Waals surface area contributed by atoms with Gasteiger partial charge in [0.2, 0.25) is 23.8 Å². The Balaban J connectivity index is 0.852. The Hall–Kier alpha value is -8.20. The molecule has 3 aliphatic heterocycles. The number of aryl methyl sites for hydroxylation is 3. The van der Waals surface area contributed by atoms with Crippen LogP contribution in [0.1, 0.15) is 126 Å². The Morgan fingerprint density at radius 3 is 1.15 bits per heavy atom. The first kappa shape index (κ1) is 45.9. The topological polar surface area (TPSA) is 167 Å². The van der Waals surface area contributed by atoms with Gasteiger partial charge >= 0.3 is 0 Å². The molecule has 3 aliphatic carbocycles. The molecule has 3 N–H and O–H groups in total. The molecule has 0 saturated carbocycles. The Morgan fingerprint density at radius 1 is 0.425 bits per heavy atom. The number of carbonyl (C=O) groups is 3. The molecule has 0 saturated heterocycles. The summed E-state index contributed by atoms with van der Waals surface area (Å²) in [5, 5.41) is 10.3. The van der Waals surface area contributed by atoms with Gasteiger partial charge in [-0.15, -0.1) is 0 Å². The summed E-state index contributed by atoms with van der Waals surface area (Å²) in [6.07, 6.45) is 5.92. The molecule has 15 heteroatoms. The third-order valence-electron chi connectivity index (χ3n) is 14.7. The van der Waals surface area contributed by atoms with Gasteiger partial charge in [0.25, 0.3) is 0 Å². The normalized spacial score (nSPS) is 19.0. The van der Waals surface area contributed by atoms with Crippen molar-refractivity contribution in [2.24, 2.45) is 41.2 Å². The summed E-state index contributed by atoms with van der Waals surface area (Å²) in [4.78, 5) is 65.7. The molecule has 73 heavy (non-hydrogen) atoms. The maximum atomic E-state index is 13.1. The van der Waals surface area contributed by atoms with Crippen LogP contribution < -0.4 is 16.0 Å². The molecule has 15 nitrogen and oxygen atoms in total. The number of carbonyl (C=O) groups excluding carboxylic acids is 3. The first-order valence-corrected chi connectivity index (χ1v) is 25.0.